The number of sulfonamides is 1. The quantitative estimate of drug-likeness (QED) is 0.719. The van der Waals surface area contributed by atoms with Crippen molar-refractivity contribution < 1.29 is 22.7 Å². The molecule has 0 unspecified atom stereocenters. The Kier molecular flexibility index (Phi) is 6.15. The molecule has 20 heavy (non-hydrogen) atoms. The average Bonchev–Trinajstić information content (AvgIpc) is 2.38. The number of ether oxygens (including phenoxy) is 1. The second kappa shape index (κ2) is 7.19. The van der Waals surface area contributed by atoms with E-state index in [-0.39, 0.29) is 30.4 Å². The fourth-order valence-electron chi connectivity index (χ4n) is 1.57. The second-order valence-corrected chi connectivity index (χ2v) is 6.27. The monoisotopic (exact) mass is 326 g/mol. The highest BCUT2D eigenvalue weighted by molar-refractivity contribution is 7.89. The summed E-state index contributed by atoms with van der Waals surface area (Å²) in [5.74, 6) is -1.06. The number of halogens is 2. The van der Waals surface area contributed by atoms with Gasteiger partial charge in [0.05, 0.1) is 18.9 Å². The predicted octanol–water partition coefficient (Wildman–Crippen LogP) is 0.691. The van der Waals surface area contributed by atoms with E-state index in [1.165, 1.54) is 7.11 Å². The van der Waals surface area contributed by atoms with Crippen molar-refractivity contribution in [1.82, 2.24) is 4.31 Å². The Balaban J connectivity index is 3.25. The second-order valence-electron chi connectivity index (χ2n) is 3.93. The van der Waals surface area contributed by atoms with E-state index in [2.05, 4.69) is 0 Å². The molecule has 6 nitrogen and oxygen atoms in total. The standard InChI is InChI=1S/C11H16ClFN2O4S/c1-19-5-3-15(2-4-16)20(17,18)10-7-8(12)6-9(14)11(10)13/h6-7,16H,2-5,14H2,1H3. The molecule has 0 spiro atoms. The zero-order valence-corrected chi connectivity index (χ0v) is 12.4. The van der Waals surface area contributed by atoms with Crippen molar-refractivity contribution in [3.63, 3.8) is 0 Å². The Bertz CT molecular complexity index is 568. The maximum atomic E-state index is 13.9. The normalized spacial score (nSPS) is 12.1. The number of anilines is 1. The first-order valence-electron chi connectivity index (χ1n) is 5.69. The number of benzene rings is 1. The Hall–Kier alpha value is -0.930. The molecule has 0 saturated heterocycles. The number of aliphatic hydroxyl groups is 1. The molecule has 0 amide bonds. The van der Waals surface area contributed by atoms with Crippen LogP contribution in [0.5, 0.6) is 0 Å². The van der Waals surface area contributed by atoms with Crippen LogP contribution in [0.3, 0.4) is 0 Å². The Labute approximate surface area is 121 Å². The maximum absolute atomic E-state index is 13.9. The van der Waals surface area contributed by atoms with Crippen LogP contribution in [0.15, 0.2) is 17.0 Å². The molecule has 1 aromatic carbocycles. The summed E-state index contributed by atoms with van der Waals surface area (Å²) < 4.78 is 44.3. The molecule has 114 valence electrons. The number of methoxy groups -OCH3 is 1. The van der Waals surface area contributed by atoms with Gasteiger partial charge in [0, 0.05) is 25.2 Å². The van der Waals surface area contributed by atoms with E-state index in [1.54, 1.807) is 0 Å². The van der Waals surface area contributed by atoms with E-state index in [4.69, 9.17) is 27.2 Å². The summed E-state index contributed by atoms with van der Waals surface area (Å²) >= 11 is 5.71. The van der Waals surface area contributed by atoms with Gasteiger partial charge in [0.1, 0.15) is 4.90 Å². The largest absolute Gasteiger partial charge is 0.396 e. The molecule has 0 fully saturated rings. The first-order chi connectivity index (χ1) is 9.34. The molecule has 0 bridgehead atoms. The molecular formula is C11H16ClFN2O4S. The molecule has 0 aliphatic heterocycles. The van der Waals surface area contributed by atoms with Crippen LogP contribution in [-0.2, 0) is 14.8 Å². The van der Waals surface area contributed by atoms with Crippen molar-refractivity contribution >= 4 is 27.3 Å². The number of hydrogen-bond donors (Lipinski definition) is 2. The van der Waals surface area contributed by atoms with Crippen LogP contribution in [0.25, 0.3) is 0 Å². The average molecular weight is 327 g/mol. The molecule has 1 rings (SSSR count). The van der Waals surface area contributed by atoms with Gasteiger partial charge in [-0.05, 0) is 12.1 Å². The summed E-state index contributed by atoms with van der Waals surface area (Å²) in [6.07, 6.45) is 0. The molecule has 0 atom stereocenters. The van der Waals surface area contributed by atoms with Crippen LogP contribution >= 0.6 is 11.6 Å². The van der Waals surface area contributed by atoms with Crippen LogP contribution < -0.4 is 5.73 Å². The first kappa shape index (κ1) is 17.1. The topological polar surface area (TPSA) is 92.9 Å². The minimum atomic E-state index is -4.16. The molecular weight excluding hydrogens is 311 g/mol. The Morgan fingerprint density at radius 3 is 2.65 bits per heavy atom. The van der Waals surface area contributed by atoms with Gasteiger partial charge in [-0.3, -0.25) is 0 Å². The van der Waals surface area contributed by atoms with Gasteiger partial charge in [0.15, 0.2) is 5.82 Å². The van der Waals surface area contributed by atoms with Gasteiger partial charge < -0.3 is 15.6 Å². The third-order valence-corrected chi connectivity index (χ3v) is 4.66. The summed E-state index contributed by atoms with van der Waals surface area (Å²) in [5.41, 5.74) is 5.02. The lowest BCUT2D eigenvalue weighted by atomic mass is 10.3. The van der Waals surface area contributed by atoms with Gasteiger partial charge in [-0.15, -0.1) is 0 Å². The molecule has 0 heterocycles. The molecule has 0 aliphatic carbocycles. The summed E-state index contributed by atoms with van der Waals surface area (Å²) in [5, 5.41) is 8.95. The van der Waals surface area contributed by atoms with Crippen LogP contribution in [0.2, 0.25) is 5.02 Å². The smallest absolute Gasteiger partial charge is 0.246 e. The van der Waals surface area contributed by atoms with Crippen molar-refractivity contribution in [3.05, 3.63) is 23.0 Å². The first-order valence-corrected chi connectivity index (χ1v) is 7.51. The molecule has 0 aliphatic rings. The summed E-state index contributed by atoms with van der Waals surface area (Å²) in [4.78, 5) is -0.618. The minimum absolute atomic E-state index is 0.0122. The predicted molar refractivity (Wildman–Crippen MR) is 73.5 cm³/mol. The van der Waals surface area contributed by atoms with E-state index in [0.717, 1.165) is 16.4 Å². The van der Waals surface area contributed by atoms with Crippen molar-refractivity contribution in [2.75, 3.05) is 39.1 Å². The lowest BCUT2D eigenvalue weighted by Crippen LogP contribution is -2.36. The van der Waals surface area contributed by atoms with E-state index in [9.17, 15) is 12.8 Å². The number of aliphatic hydroxyl groups excluding tert-OH is 1. The Morgan fingerprint density at radius 2 is 2.10 bits per heavy atom. The lowest BCUT2D eigenvalue weighted by molar-refractivity contribution is 0.168. The van der Waals surface area contributed by atoms with Crippen LogP contribution in [0, 0.1) is 5.82 Å². The van der Waals surface area contributed by atoms with Crippen molar-refractivity contribution in [2.24, 2.45) is 0 Å². The SMILES string of the molecule is COCCN(CCO)S(=O)(=O)c1cc(Cl)cc(N)c1F. The summed E-state index contributed by atoms with van der Waals surface area (Å²) in [7, 11) is -2.75. The van der Waals surface area contributed by atoms with E-state index in [1.807, 2.05) is 0 Å². The zero-order chi connectivity index (χ0) is 15.3. The molecule has 3 N–H and O–H groups in total. The van der Waals surface area contributed by atoms with Crippen LogP contribution in [-0.4, -0.2) is 51.2 Å². The fourth-order valence-corrected chi connectivity index (χ4v) is 3.39. The number of hydrogen-bond acceptors (Lipinski definition) is 5. The highest BCUT2D eigenvalue weighted by Crippen LogP contribution is 2.27. The lowest BCUT2D eigenvalue weighted by Gasteiger charge is -2.21. The van der Waals surface area contributed by atoms with Crippen molar-refractivity contribution in [1.29, 1.82) is 0 Å². The van der Waals surface area contributed by atoms with Gasteiger partial charge in [0.2, 0.25) is 10.0 Å². The summed E-state index contributed by atoms with van der Waals surface area (Å²) in [6, 6.07) is 2.11. The van der Waals surface area contributed by atoms with E-state index in [0.29, 0.717) is 0 Å². The summed E-state index contributed by atoms with van der Waals surface area (Å²) in [6.45, 7) is -0.500. The van der Waals surface area contributed by atoms with Gasteiger partial charge >= 0.3 is 0 Å². The number of nitrogen functional groups attached to an aromatic ring is 1. The maximum Gasteiger partial charge on any atom is 0.246 e. The minimum Gasteiger partial charge on any atom is -0.396 e. The van der Waals surface area contributed by atoms with Gasteiger partial charge in [-0.1, -0.05) is 11.6 Å². The molecule has 0 aromatic heterocycles. The third kappa shape index (κ3) is 3.80. The highest BCUT2D eigenvalue weighted by atomic mass is 35.5. The van der Waals surface area contributed by atoms with Gasteiger partial charge in [-0.25, -0.2) is 12.8 Å². The zero-order valence-electron chi connectivity index (χ0n) is 10.8. The Morgan fingerprint density at radius 1 is 1.45 bits per heavy atom. The van der Waals surface area contributed by atoms with Crippen molar-refractivity contribution in [3.8, 4) is 0 Å². The number of nitrogens with two attached hydrogens (primary N) is 1. The van der Waals surface area contributed by atoms with Crippen LogP contribution in [0.1, 0.15) is 0 Å². The molecule has 9 heteroatoms. The fraction of sp³-hybridized carbons (Fsp3) is 0.455. The van der Waals surface area contributed by atoms with Gasteiger partial charge in [0.25, 0.3) is 0 Å². The number of nitrogens with zero attached hydrogens (tertiary/aromatic N) is 1. The molecule has 1 aromatic rings. The van der Waals surface area contributed by atoms with Crippen LogP contribution in [0.4, 0.5) is 10.1 Å². The van der Waals surface area contributed by atoms with Gasteiger partial charge in [-0.2, -0.15) is 4.31 Å². The molecule has 0 radical (unpaired) electrons. The third-order valence-electron chi connectivity index (χ3n) is 2.54. The van der Waals surface area contributed by atoms with Crippen molar-refractivity contribution in [2.45, 2.75) is 4.90 Å². The molecule has 0 saturated carbocycles. The number of rotatable bonds is 7. The van der Waals surface area contributed by atoms with E-state index < -0.39 is 27.3 Å². The van der Waals surface area contributed by atoms with E-state index >= 15 is 0 Å². The highest BCUT2D eigenvalue weighted by Gasteiger charge is 2.28.